The minimum absolute atomic E-state index is 0.0754. The number of carbonyl (C=O) groups excluding carboxylic acids is 3. The van der Waals surface area contributed by atoms with Crippen LogP contribution in [0.1, 0.15) is 46.0 Å². The summed E-state index contributed by atoms with van der Waals surface area (Å²) in [5.74, 6) is -0.979. The second-order valence-corrected chi connectivity index (χ2v) is 6.34. The van der Waals surface area contributed by atoms with Gasteiger partial charge in [0.2, 0.25) is 0 Å². The average Bonchev–Trinajstić information content (AvgIpc) is 2.72. The van der Waals surface area contributed by atoms with Gasteiger partial charge in [-0.25, -0.2) is 0 Å². The van der Waals surface area contributed by atoms with Crippen molar-refractivity contribution in [3.63, 3.8) is 0 Å². The Kier molecular flexibility index (Phi) is 16.9. The zero-order valence-corrected chi connectivity index (χ0v) is 18.4. The lowest BCUT2D eigenvalue weighted by Crippen LogP contribution is -2.26. The molecule has 0 amide bonds. The normalized spacial score (nSPS) is 14.4. The smallest absolute Gasteiger partial charge is 0.313 e. The number of carbonyl (C=O) groups is 3. The molecule has 0 aromatic carbocycles. The Hall–Kier alpha value is -2.57. The Bertz CT molecular complexity index is 655. The van der Waals surface area contributed by atoms with Crippen LogP contribution in [0.3, 0.4) is 0 Å². The van der Waals surface area contributed by atoms with Gasteiger partial charge in [0.25, 0.3) is 0 Å². The van der Waals surface area contributed by atoms with Gasteiger partial charge < -0.3 is 14.2 Å². The highest BCUT2D eigenvalue weighted by molar-refractivity contribution is 5.89. The molecule has 0 aliphatic rings. The van der Waals surface area contributed by atoms with Crippen LogP contribution in [-0.4, -0.2) is 44.1 Å². The number of ketones is 1. The molecule has 6 nitrogen and oxygen atoms in total. The van der Waals surface area contributed by atoms with Crippen LogP contribution in [0, 0.1) is 0 Å². The molecule has 166 valence electrons. The minimum atomic E-state index is -0.572. The van der Waals surface area contributed by atoms with E-state index in [1.54, 1.807) is 26.4 Å². The van der Waals surface area contributed by atoms with E-state index in [1.807, 2.05) is 49.5 Å². The van der Waals surface area contributed by atoms with Crippen molar-refractivity contribution in [2.24, 2.45) is 0 Å². The third kappa shape index (κ3) is 15.4. The van der Waals surface area contributed by atoms with Gasteiger partial charge in [-0.15, -0.1) is 0 Å². The van der Waals surface area contributed by atoms with Crippen LogP contribution in [0.15, 0.2) is 60.8 Å². The fraction of sp³-hybridized carbons (Fsp3) is 0.458. The topological polar surface area (TPSA) is 78.9 Å². The van der Waals surface area contributed by atoms with Crippen LogP contribution < -0.4 is 0 Å². The van der Waals surface area contributed by atoms with Crippen molar-refractivity contribution in [2.45, 2.75) is 58.2 Å². The summed E-state index contributed by atoms with van der Waals surface area (Å²) in [4.78, 5) is 33.1. The quantitative estimate of drug-likeness (QED) is 0.0978. The lowest BCUT2D eigenvalue weighted by Gasteiger charge is -2.18. The fourth-order valence-corrected chi connectivity index (χ4v) is 2.30. The van der Waals surface area contributed by atoms with Crippen molar-refractivity contribution in [3.8, 4) is 0 Å². The molecule has 0 unspecified atom stereocenters. The maximum absolute atomic E-state index is 11.2. The minimum Gasteiger partial charge on any atom is -0.393 e. The third-order valence-corrected chi connectivity index (χ3v) is 3.91. The monoisotopic (exact) mass is 418 g/mol. The zero-order valence-electron chi connectivity index (χ0n) is 18.4. The van der Waals surface area contributed by atoms with Crippen LogP contribution >= 0.6 is 0 Å². The van der Waals surface area contributed by atoms with E-state index in [-0.39, 0.29) is 24.4 Å². The Morgan fingerprint density at radius 3 is 2.07 bits per heavy atom. The van der Waals surface area contributed by atoms with Crippen molar-refractivity contribution in [1.29, 1.82) is 0 Å². The van der Waals surface area contributed by atoms with Crippen LogP contribution in [-0.2, 0) is 28.6 Å². The van der Waals surface area contributed by atoms with E-state index in [9.17, 15) is 14.4 Å². The summed E-state index contributed by atoms with van der Waals surface area (Å²) in [5.41, 5.74) is 0. The predicted molar refractivity (Wildman–Crippen MR) is 118 cm³/mol. The summed E-state index contributed by atoms with van der Waals surface area (Å²) in [7, 11) is 3.22. The lowest BCUT2D eigenvalue weighted by atomic mass is 10.1. The largest absolute Gasteiger partial charge is 0.393 e. The van der Waals surface area contributed by atoms with E-state index in [1.165, 1.54) is 13.0 Å². The van der Waals surface area contributed by atoms with Crippen LogP contribution in [0.2, 0.25) is 0 Å². The van der Waals surface area contributed by atoms with Crippen LogP contribution in [0.4, 0.5) is 0 Å². The summed E-state index contributed by atoms with van der Waals surface area (Å²) in [5, 5.41) is 0. The second-order valence-electron chi connectivity index (χ2n) is 6.34. The molecule has 2 atom stereocenters. The van der Waals surface area contributed by atoms with Crippen molar-refractivity contribution in [2.75, 3.05) is 14.2 Å². The zero-order chi connectivity index (χ0) is 22.6. The molecule has 0 fully saturated rings. The van der Waals surface area contributed by atoms with Gasteiger partial charge in [-0.3, -0.25) is 14.4 Å². The number of methoxy groups -OCH3 is 2. The maximum Gasteiger partial charge on any atom is 0.313 e. The number of hydrogen-bond donors (Lipinski definition) is 0. The number of ether oxygens (including phenoxy) is 3. The van der Waals surface area contributed by atoms with Crippen molar-refractivity contribution >= 4 is 17.7 Å². The molecule has 0 saturated heterocycles. The predicted octanol–water partition coefficient (Wildman–Crippen LogP) is 4.43. The molecule has 0 heterocycles. The molecular weight excluding hydrogens is 384 g/mol. The Balaban J connectivity index is 4.29. The molecule has 0 bridgehead atoms. The van der Waals surface area contributed by atoms with Gasteiger partial charge in [0.1, 0.15) is 12.2 Å². The second kappa shape index (κ2) is 18.5. The van der Waals surface area contributed by atoms with Crippen molar-refractivity contribution in [3.05, 3.63) is 60.8 Å². The van der Waals surface area contributed by atoms with E-state index >= 15 is 0 Å². The maximum atomic E-state index is 11.2. The third-order valence-electron chi connectivity index (χ3n) is 3.91. The number of unbranched alkanes of at least 4 members (excludes halogenated alkanes) is 1. The molecule has 0 aliphatic heterocycles. The first kappa shape index (κ1) is 27.4. The van der Waals surface area contributed by atoms with Crippen molar-refractivity contribution in [1.82, 2.24) is 0 Å². The van der Waals surface area contributed by atoms with Gasteiger partial charge in [0.15, 0.2) is 5.78 Å². The van der Waals surface area contributed by atoms with E-state index in [0.29, 0.717) is 12.8 Å². The SMILES string of the molecule is CCC(=O)/C=C/C=C\[C@H](OC)[C@@H](/C=C/C=C\C/C=C\CCCC(=O)OC(C)=O)OC. The molecule has 0 N–H and O–H groups in total. The molecule has 0 radical (unpaired) electrons. The van der Waals surface area contributed by atoms with Gasteiger partial charge in [-0.2, -0.15) is 0 Å². The van der Waals surface area contributed by atoms with E-state index < -0.39 is 11.9 Å². The van der Waals surface area contributed by atoms with E-state index in [0.717, 1.165) is 12.8 Å². The summed E-state index contributed by atoms with van der Waals surface area (Å²) >= 11 is 0. The highest BCUT2D eigenvalue weighted by Gasteiger charge is 2.14. The highest BCUT2D eigenvalue weighted by atomic mass is 16.6. The first-order valence-corrected chi connectivity index (χ1v) is 10.1. The molecule has 0 rings (SSSR count). The van der Waals surface area contributed by atoms with Gasteiger partial charge >= 0.3 is 11.9 Å². The highest BCUT2D eigenvalue weighted by Crippen LogP contribution is 2.07. The average molecular weight is 419 g/mol. The van der Waals surface area contributed by atoms with Crippen LogP contribution in [0.5, 0.6) is 0 Å². The molecule has 30 heavy (non-hydrogen) atoms. The number of allylic oxidation sites excluding steroid dienone is 8. The lowest BCUT2D eigenvalue weighted by molar-refractivity contribution is -0.158. The summed E-state index contributed by atoms with van der Waals surface area (Å²) in [6.45, 7) is 3.04. The summed E-state index contributed by atoms with van der Waals surface area (Å²) < 4.78 is 15.4. The van der Waals surface area contributed by atoms with Crippen LogP contribution in [0.25, 0.3) is 0 Å². The van der Waals surface area contributed by atoms with Gasteiger partial charge in [0.05, 0.1) is 0 Å². The first-order valence-electron chi connectivity index (χ1n) is 10.1. The molecule has 0 aliphatic carbocycles. The fourth-order valence-electron chi connectivity index (χ4n) is 2.30. The standard InChI is InChI=1S/C24H34O6/c1-5-21(26)16-14-15-18-23(29-4)22(28-3)17-12-10-8-6-7-9-11-13-19-24(27)30-20(2)25/h7-10,12,14-18,22-23H,5-6,11,13,19H2,1-4H3/b9-7-,10-8-,16-14+,17-12+,18-15-/t22-,23+/m1/s1. The van der Waals surface area contributed by atoms with Gasteiger partial charge in [-0.05, 0) is 25.3 Å². The Morgan fingerprint density at radius 1 is 0.867 bits per heavy atom. The Morgan fingerprint density at radius 2 is 1.50 bits per heavy atom. The molecule has 0 aromatic rings. The molecule has 0 spiro atoms. The first-order chi connectivity index (χ1) is 14.4. The summed E-state index contributed by atoms with van der Waals surface area (Å²) in [6, 6.07) is 0. The molecular formula is C24H34O6. The molecule has 0 saturated carbocycles. The molecule has 0 aromatic heterocycles. The van der Waals surface area contributed by atoms with Crippen molar-refractivity contribution < 1.29 is 28.6 Å². The number of rotatable bonds is 15. The van der Waals surface area contributed by atoms with Gasteiger partial charge in [-0.1, -0.05) is 61.6 Å². The van der Waals surface area contributed by atoms with Gasteiger partial charge in [0, 0.05) is 34.0 Å². The van der Waals surface area contributed by atoms with E-state index in [2.05, 4.69) is 4.74 Å². The summed E-state index contributed by atoms with van der Waals surface area (Å²) in [6.07, 6.45) is 21.0. The molecule has 6 heteroatoms. The number of hydrogen-bond acceptors (Lipinski definition) is 6. The number of esters is 2. The Labute approximate surface area is 180 Å². The van der Waals surface area contributed by atoms with E-state index in [4.69, 9.17) is 9.47 Å².